The van der Waals surface area contributed by atoms with Gasteiger partial charge in [-0.05, 0) is 11.8 Å². The van der Waals surface area contributed by atoms with Crippen molar-refractivity contribution in [2.75, 3.05) is 46.2 Å². The van der Waals surface area contributed by atoms with Gasteiger partial charge in [-0.2, -0.15) is 0 Å². The highest BCUT2D eigenvalue weighted by atomic mass is 16.5. The summed E-state index contributed by atoms with van der Waals surface area (Å²) in [5.74, 6) is 0.150. The molecule has 1 N–H and O–H groups in total. The first-order valence-electron chi connectivity index (χ1n) is 9.05. The molecule has 0 rings (SSSR count). The number of hydrogen-bond donors (Lipinski definition) is 1. The predicted molar refractivity (Wildman–Crippen MR) is 98.6 cm³/mol. The molecule has 0 spiro atoms. The lowest BCUT2D eigenvalue weighted by molar-refractivity contribution is -0.131. The van der Waals surface area contributed by atoms with Crippen LogP contribution in [0.1, 0.15) is 54.4 Å². The van der Waals surface area contributed by atoms with E-state index in [-0.39, 0.29) is 29.1 Å². The number of nitrogens with one attached hydrogen (secondary N) is 1. The van der Waals surface area contributed by atoms with E-state index in [0.29, 0.717) is 46.0 Å². The predicted octanol–water partition coefficient (Wildman–Crippen LogP) is 2.59. The van der Waals surface area contributed by atoms with E-state index in [1.165, 1.54) is 0 Å². The molecule has 0 atom stereocenters. The fourth-order valence-electron chi connectivity index (χ4n) is 1.66. The molecule has 0 bridgehead atoms. The third kappa shape index (κ3) is 16.2. The number of hydrogen-bond acceptors (Lipinski definition) is 5. The van der Waals surface area contributed by atoms with Crippen molar-refractivity contribution in [2.45, 2.75) is 54.4 Å². The number of rotatable bonds is 13. The van der Waals surface area contributed by atoms with Crippen LogP contribution >= 0.6 is 0 Å². The molecular formula is C19H37NO5. The van der Waals surface area contributed by atoms with E-state index in [9.17, 15) is 9.59 Å². The van der Waals surface area contributed by atoms with Gasteiger partial charge in [0.25, 0.3) is 0 Å². The highest BCUT2D eigenvalue weighted by Gasteiger charge is 2.20. The summed E-state index contributed by atoms with van der Waals surface area (Å²) in [6.45, 7) is 14.9. The molecule has 1 amide bonds. The SMILES string of the molecule is CC(C)(C)CCC(=O)NCCOCCOCCOCC(=O)C(C)(C)C. The standard InChI is InChI=1S/C19H37NO5/c1-18(2,3)8-7-17(22)20-9-10-23-11-12-24-13-14-25-15-16(21)19(4,5)6/h7-15H2,1-6H3,(H,20,22). The van der Waals surface area contributed by atoms with Gasteiger partial charge in [0.1, 0.15) is 6.61 Å². The Kier molecular flexibility index (Phi) is 11.9. The third-order valence-electron chi connectivity index (χ3n) is 3.48. The molecule has 0 aliphatic carbocycles. The van der Waals surface area contributed by atoms with E-state index in [0.717, 1.165) is 6.42 Å². The number of carbonyl (C=O) groups excluding carboxylic acids is 2. The molecule has 148 valence electrons. The van der Waals surface area contributed by atoms with Crippen LogP contribution < -0.4 is 5.32 Å². The number of amides is 1. The summed E-state index contributed by atoms with van der Waals surface area (Å²) in [6, 6.07) is 0. The zero-order chi connectivity index (χ0) is 19.3. The molecule has 0 fully saturated rings. The fraction of sp³-hybridized carbons (Fsp3) is 0.895. The lowest BCUT2D eigenvalue weighted by Gasteiger charge is -2.17. The first kappa shape index (κ1) is 24.0. The molecule has 0 radical (unpaired) electrons. The first-order valence-corrected chi connectivity index (χ1v) is 9.05. The Morgan fingerprint density at radius 2 is 1.32 bits per heavy atom. The van der Waals surface area contributed by atoms with Gasteiger partial charge in [0.15, 0.2) is 5.78 Å². The van der Waals surface area contributed by atoms with Gasteiger partial charge in [0.2, 0.25) is 5.91 Å². The van der Waals surface area contributed by atoms with Gasteiger partial charge in [-0.3, -0.25) is 9.59 Å². The fourth-order valence-corrected chi connectivity index (χ4v) is 1.66. The van der Waals surface area contributed by atoms with Gasteiger partial charge in [0, 0.05) is 18.4 Å². The maximum Gasteiger partial charge on any atom is 0.220 e. The Bertz CT molecular complexity index is 382. The van der Waals surface area contributed by atoms with E-state index in [4.69, 9.17) is 14.2 Å². The molecule has 25 heavy (non-hydrogen) atoms. The Balaban J connectivity index is 3.34. The quantitative estimate of drug-likeness (QED) is 0.512. The van der Waals surface area contributed by atoms with Gasteiger partial charge >= 0.3 is 0 Å². The van der Waals surface area contributed by atoms with Crippen molar-refractivity contribution in [1.29, 1.82) is 0 Å². The smallest absolute Gasteiger partial charge is 0.220 e. The molecule has 6 heteroatoms. The van der Waals surface area contributed by atoms with Crippen LogP contribution in [0.2, 0.25) is 0 Å². The zero-order valence-electron chi connectivity index (χ0n) is 16.9. The summed E-state index contributed by atoms with van der Waals surface area (Å²) in [5.41, 5.74) is -0.189. The van der Waals surface area contributed by atoms with Gasteiger partial charge in [-0.1, -0.05) is 41.5 Å². The number of carbonyl (C=O) groups is 2. The highest BCUT2D eigenvalue weighted by Crippen LogP contribution is 2.20. The Morgan fingerprint density at radius 3 is 1.84 bits per heavy atom. The normalized spacial score (nSPS) is 12.2. The molecule has 6 nitrogen and oxygen atoms in total. The van der Waals surface area contributed by atoms with Crippen molar-refractivity contribution in [2.24, 2.45) is 10.8 Å². The lowest BCUT2D eigenvalue weighted by atomic mass is 9.90. The van der Waals surface area contributed by atoms with Gasteiger partial charge in [-0.15, -0.1) is 0 Å². The van der Waals surface area contributed by atoms with Gasteiger partial charge in [0.05, 0.1) is 33.0 Å². The third-order valence-corrected chi connectivity index (χ3v) is 3.48. The van der Waals surface area contributed by atoms with Crippen molar-refractivity contribution in [3.8, 4) is 0 Å². The number of ether oxygens (including phenoxy) is 3. The second-order valence-electron chi connectivity index (χ2n) is 8.36. The van der Waals surface area contributed by atoms with Crippen molar-refractivity contribution >= 4 is 11.7 Å². The lowest BCUT2D eigenvalue weighted by Crippen LogP contribution is -2.28. The molecule has 0 heterocycles. The van der Waals surface area contributed by atoms with Crippen LogP contribution in [-0.4, -0.2) is 57.9 Å². The van der Waals surface area contributed by atoms with Crippen LogP contribution in [0.3, 0.4) is 0 Å². The summed E-state index contributed by atoms with van der Waals surface area (Å²) >= 11 is 0. The van der Waals surface area contributed by atoms with E-state index < -0.39 is 0 Å². The van der Waals surface area contributed by atoms with Gasteiger partial charge in [-0.25, -0.2) is 0 Å². The Hall–Kier alpha value is -0.980. The molecule has 0 unspecified atom stereocenters. The maximum absolute atomic E-state index is 11.6. The average molecular weight is 360 g/mol. The Morgan fingerprint density at radius 1 is 0.800 bits per heavy atom. The monoisotopic (exact) mass is 359 g/mol. The summed E-state index contributed by atoms with van der Waals surface area (Å²) < 4.78 is 16.0. The molecular weight excluding hydrogens is 322 g/mol. The molecule has 0 aromatic heterocycles. The second-order valence-corrected chi connectivity index (χ2v) is 8.36. The molecule has 0 aliphatic rings. The van der Waals surface area contributed by atoms with Crippen LogP contribution in [-0.2, 0) is 23.8 Å². The summed E-state index contributed by atoms with van der Waals surface area (Å²) in [6.07, 6.45) is 1.42. The van der Waals surface area contributed by atoms with Crippen LogP contribution in [0.4, 0.5) is 0 Å². The van der Waals surface area contributed by atoms with E-state index in [1.54, 1.807) is 0 Å². The van der Waals surface area contributed by atoms with Crippen LogP contribution in [0, 0.1) is 10.8 Å². The van der Waals surface area contributed by atoms with Crippen LogP contribution in [0.25, 0.3) is 0 Å². The maximum atomic E-state index is 11.6. The first-order chi connectivity index (χ1) is 11.5. The molecule has 0 saturated heterocycles. The topological polar surface area (TPSA) is 73.9 Å². The molecule has 0 saturated carbocycles. The summed E-state index contributed by atoms with van der Waals surface area (Å²) in [4.78, 5) is 23.2. The largest absolute Gasteiger partial charge is 0.377 e. The summed E-state index contributed by atoms with van der Waals surface area (Å²) in [5, 5.41) is 2.84. The van der Waals surface area contributed by atoms with Gasteiger partial charge < -0.3 is 19.5 Å². The highest BCUT2D eigenvalue weighted by molar-refractivity contribution is 5.84. The number of Topliss-reactive ketones (excluding diaryl/α,β-unsaturated/α-hetero) is 1. The van der Waals surface area contributed by atoms with E-state index >= 15 is 0 Å². The van der Waals surface area contributed by atoms with Crippen molar-refractivity contribution in [1.82, 2.24) is 5.32 Å². The minimum atomic E-state index is -0.364. The molecule has 0 aromatic rings. The van der Waals surface area contributed by atoms with E-state index in [1.807, 2.05) is 20.8 Å². The summed E-state index contributed by atoms with van der Waals surface area (Å²) in [7, 11) is 0. The minimum Gasteiger partial charge on any atom is -0.377 e. The Labute approximate surface area is 153 Å². The average Bonchev–Trinajstić information content (AvgIpc) is 2.48. The van der Waals surface area contributed by atoms with E-state index in [2.05, 4.69) is 26.1 Å². The van der Waals surface area contributed by atoms with Crippen molar-refractivity contribution < 1.29 is 23.8 Å². The minimum absolute atomic E-state index is 0.0664. The number of ketones is 1. The van der Waals surface area contributed by atoms with Crippen molar-refractivity contribution in [3.63, 3.8) is 0 Å². The zero-order valence-corrected chi connectivity index (χ0v) is 16.9. The molecule has 0 aromatic carbocycles. The van der Waals surface area contributed by atoms with Crippen LogP contribution in [0.5, 0.6) is 0 Å². The van der Waals surface area contributed by atoms with Crippen LogP contribution in [0.15, 0.2) is 0 Å². The molecule has 0 aliphatic heterocycles. The van der Waals surface area contributed by atoms with Crippen molar-refractivity contribution in [3.05, 3.63) is 0 Å². The second kappa shape index (κ2) is 12.4.